The van der Waals surface area contributed by atoms with Crippen molar-refractivity contribution >= 4 is 21.6 Å². The molecular weight excluding hydrogens is 358 g/mol. The largest absolute Gasteiger partial charge is 0.482 e. The van der Waals surface area contributed by atoms with Gasteiger partial charge in [-0.3, -0.25) is 4.79 Å². The highest BCUT2D eigenvalue weighted by Crippen LogP contribution is 2.40. The summed E-state index contributed by atoms with van der Waals surface area (Å²) in [6.45, 7) is 1.05. The van der Waals surface area contributed by atoms with Gasteiger partial charge in [-0.2, -0.15) is 4.31 Å². The number of amides is 1. The molecule has 0 saturated heterocycles. The van der Waals surface area contributed by atoms with Gasteiger partial charge >= 0.3 is 0 Å². The highest BCUT2D eigenvalue weighted by molar-refractivity contribution is 7.89. The van der Waals surface area contributed by atoms with E-state index in [-0.39, 0.29) is 24.0 Å². The maximum atomic E-state index is 13.0. The van der Waals surface area contributed by atoms with Gasteiger partial charge < -0.3 is 14.6 Å². The topological polar surface area (TPSA) is 106 Å². The van der Waals surface area contributed by atoms with Gasteiger partial charge in [-0.1, -0.05) is 0 Å². The number of benzene rings is 1. The third kappa shape index (κ3) is 2.48. The van der Waals surface area contributed by atoms with Crippen LogP contribution < -0.4 is 10.1 Å². The number of fused-ring (bicyclic) bond motifs is 2. The average Bonchev–Trinajstić information content (AvgIpc) is 3.39. The molecule has 0 unspecified atom stereocenters. The Morgan fingerprint density at radius 3 is 2.85 bits per heavy atom. The van der Waals surface area contributed by atoms with Crippen LogP contribution in [0.5, 0.6) is 5.75 Å². The zero-order chi connectivity index (χ0) is 17.9. The molecule has 136 valence electrons. The van der Waals surface area contributed by atoms with Gasteiger partial charge in [0.05, 0.1) is 17.1 Å². The fourth-order valence-corrected chi connectivity index (χ4v) is 4.79. The molecule has 0 bridgehead atoms. The molecule has 0 spiro atoms. The Labute approximate surface area is 150 Å². The number of hydrogen-bond donors (Lipinski definition) is 1. The van der Waals surface area contributed by atoms with E-state index in [1.807, 2.05) is 4.57 Å². The second kappa shape index (κ2) is 5.52. The normalized spacial score (nSPS) is 20.1. The lowest BCUT2D eigenvalue weighted by Crippen LogP contribution is -2.38. The molecule has 1 aliphatic carbocycles. The van der Waals surface area contributed by atoms with Crippen LogP contribution in [0.4, 0.5) is 5.69 Å². The number of rotatable bonds is 3. The fraction of sp³-hybridized carbons (Fsp3) is 0.438. The van der Waals surface area contributed by atoms with Crippen LogP contribution in [0.2, 0.25) is 0 Å². The smallest absolute Gasteiger partial charge is 0.262 e. The van der Waals surface area contributed by atoms with E-state index in [1.54, 1.807) is 6.07 Å². The molecule has 5 rings (SSSR count). The number of aromatic nitrogens is 3. The molecule has 2 aromatic rings. The zero-order valence-electron chi connectivity index (χ0n) is 13.9. The standard InChI is InChI=1S/C16H17N5O4S/c22-15-9-25-13-4-3-11(7-12(13)17-15)26(23,24)20-5-6-21-14(8-20)18-19-16(21)10-1-2-10/h3-4,7,10H,1-2,5-6,8-9H2,(H,17,22). The highest BCUT2D eigenvalue weighted by atomic mass is 32.2. The minimum absolute atomic E-state index is 0.0653. The molecule has 3 aliphatic rings. The van der Waals surface area contributed by atoms with Gasteiger partial charge in [0.2, 0.25) is 10.0 Å². The molecule has 9 nitrogen and oxygen atoms in total. The van der Waals surface area contributed by atoms with Crippen LogP contribution in [0.15, 0.2) is 23.1 Å². The summed E-state index contributed by atoms with van der Waals surface area (Å²) in [6, 6.07) is 4.51. The Bertz CT molecular complexity index is 1010. The van der Waals surface area contributed by atoms with E-state index in [1.165, 1.54) is 16.4 Å². The van der Waals surface area contributed by atoms with Crippen molar-refractivity contribution < 1.29 is 17.9 Å². The van der Waals surface area contributed by atoms with Gasteiger partial charge in [-0.25, -0.2) is 8.42 Å². The summed E-state index contributed by atoms with van der Waals surface area (Å²) in [5.41, 5.74) is 0.374. The maximum Gasteiger partial charge on any atom is 0.262 e. The maximum absolute atomic E-state index is 13.0. The molecule has 1 saturated carbocycles. The number of anilines is 1. The third-order valence-corrected chi connectivity index (χ3v) is 6.75. The van der Waals surface area contributed by atoms with Crippen LogP contribution in [0, 0.1) is 0 Å². The van der Waals surface area contributed by atoms with E-state index in [2.05, 4.69) is 15.5 Å². The number of nitrogens with zero attached hydrogens (tertiary/aromatic N) is 4. The summed E-state index contributed by atoms with van der Waals surface area (Å²) in [5, 5.41) is 11.1. The second-order valence-corrected chi connectivity index (χ2v) is 8.67. The first-order chi connectivity index (χ1) is 12.5. The average molecular weight is 375 g/mol. The van der Waals surface area contributed by atoms with Crippen molar-refractivity contribution in [3.63, 3.8) is 0 Å². The molecule has 3 heterocycles. The summed E-state index contributed by atoms with van der Waals surface area (Å²) in [6.07, 6.45) is 2.26. The monoisotopic (exact) mass is 375 g/mol. The van der Waals surface area contributed by atoms with Gasteiger partial charge in [0.15, 0.2) is 6.61 Å². The number of nitrogens with one attached hydrogen (secondary N) is 1. The van der Waals surface area contributed by atoms with Crippen molar-refractivity contribution in [3.8, 4) is 5.75 Å². The van der Waals surface area contributed by atoms with E-state index in [9.17, 15) is 13.2 Å². The minimum atomic E-state index is -3.71. The number of carbonyl (C=O) groups excluding carboxylic acids is 1. The summed E-state index contributed by atoms with van der Waals surface area (Å²) in [5.74, 6) is 2.30. The molecular formula is C16H17N5O4S. The van der Waals surface area contributed by atoms with Crippen LogP contribution in [-0.4, -0.2) is 46.5 Å². The van der Waals surface area contributed by atoms with E-state index in [0.717, 1.165) is 18.7 Å². The quantitative estimate of drug-likeness (QED) is 0.846. The number of hydrogen-bond acceptors (Lipinski definition) is 6. The van der Waals surface area contributed by atoms with E-state index >= 15 is 0 Å². The first kappa shape index (κ1) is 15.8. The summed E-state index contributed by atoms with van der Waals surface area (Å²) >= 11 is 0. The van der Waals surface area contributed by atoms with Crippen molar-refractivity contribution in [2.45, 2.75) is 36.7 Å². The van der Waals surface area contributed by atoms with Crippen LogP contribution in [0.3, 0.4) is 0 Å². The van der Waals surface area contributed by atoms with Crippen molar-refractivity contribution in [3.05, 3.63) is 29.8 Å². The van der Waals surface area contributed by atoms with E-state index < -0.39 is 10.0 Å². The third-order valence-electron chi connectivity index (χ3n) is 4.91. The summed E-state index contributed by atoms with van der Waals surface area (Å²) < 4.78 is 34.8. The summed E-state index contributed by atoms with van der Waals surface area (Å²) in [4.78, 5) is 11.6. The SMILES string of the molecule is O=C1COc2ccc(S(=O)(=O)N3CCn4c(nnc4C4CC4)C3)cc2N1. The fourth-order valence-electron chi connectivity index (χ4n) is 3.38. The molecule has 1 amide bonds. The first-order valence-corrected chi connectivity index (χ1v) is 9.95. The molecule has 2 aliphatic heterocycles. The highest BCUT2D eigenvalue weighted by Gasteiger charge is 2.35. The van der Waals surface area contributed by atoms with Gasteiger partial charge in [-0.05, 0) is 31.0 Å². The van der Waals surface area contributed by atoms with Gasteiger partial charge in [0, 0.05) is 19.0 Å². The lowest BCUT2D eigenvalue weighted by molar-refractivity contribution is -0.118. The summed E-state index contributed by atoms with van der Waals surface area (Å²) in [7, 11) is -3.71. The van der Waals surface area contributed by atoms with Gasteiger partial charge in [-0.15, -0.1) is 10.2 Å². The molecule has 1 fully saturated rings. The Morgan fingerprint density at radius 2 is 2.04 bits per heavy atom. The Morgan fingerprint density at radius 1 is 1.19 bits per heavy atom. The number of sulfonamides is 1. The lowest BCUT2D eigenvalue weighted by atomic mass is 10.2. The zero-order valence-corrected chi connectivity index (χ0v) is 14.7. The Kier molecular flexibility index (Phi) is 3.35. The predicted octanol–water partition coefficient (Wildman–Crippen LogP) is 0.691. The first-order valence-electron chi connectivity index (χ1n) is 8.51. The second-order valence-electron chi connectivity index (χ2n) is 6.73. The molecule has 1 aromatic carbocycles. The van der Waals surface area contributed by atoms with Crippen LogP contribution in [-0.2, 0) is 27.9 Å². The Hall–Kier alpha value is -2.46. The van der Waals surface area contributed by atoms with Gasteiger partial charge in [0.25, 0.3) is 5.91 Å². The van der Waals surface area contributed by atoms with E-state index in [4.69, 9.17) is 4.74 Å². The molecule has 10 heteroatoms. The van der Waals surface area contributed by atoms with Crippen molar-refractivity contribution in [2.75, 3.05) is 18.5 Å². The van der Waals surface area contributed by atoms with Crippen LogP contribution >= 0.6 is 0 Å². The lowest BCUT2D eigenvalue weighted by Gasteiger charge is -2.27. The van der Waals surface area contributed by atoms with Crippen molar-refractivity contribution in [1.29, 1.82) is 0 Å². The number of carbonyl (C=O) groups is 1. The molecule has 0 radical (unpaired) electrons. The van der Waals surface area contributed by atoms with E-state index in [0.29, 0.717) is 36.3 Å². The molecule has 1 aromatic heterocycles. The Balaban J connectivity index is 1.44. The molecule has 0 atom stereocenters. The molecule has 1 N–H and O–H groups in total. The van der Waals surface area contributed by atoms with Crippen molar-refractivity contribution in [2.24, 2.45) is 0 Å². The van der Waals surface area contributed by atoms with Crippen molar-refractivity contribution in [1.82, 2.24) is 19.1 Å². The van der Waals surface area contributed by atoms with Crippen LogP contribution in [0.25, 0.3) is 0 Å². The predicted molar refractivity (Wildman–Crippen MR) is 90.2 cm³/mol. The van der Waals surface area contributed by atoms with Crippen LogP contribution in [0.1, 0.15) is 30.4 Å². The van der Waals surface area contributed by atoms with Gasteiger partial charge in [0.1, 0.15) is 17.4 Å². The minimum Gasteiger partial charge on any atom is -0.482 e. The molecule has 26 heavy (non-hydrogen) atoms. The number of ether oxygens (including phenoxy) is 1.